The number of aliphatic hydroxyl groups is 1. The van der Waals surface area contributed by atoms with Crippen molar-refractivity contribution < 1.29 is 14.7 Å². The van der Waals surface area contributed by atoms with Crippen molar-refractivity contribution in [3.05, 3.63) is 29.8 Å². The van der Waals surface area contributed by atoms with Crippen molar-refractivity contribution in [2.24, 2.45) is 0 Å². The third-order valence-corrected chi connectivity index (χ3v) is 3.58. The number of hydrogen-bond acceptors (Lipinski definition) is 3. The van der Waals surface area contributed by atoms with Crippen LogP contribution in [-0.4, -0.2) is 54.7 Å². The number of rotatable bonds is 4. The van der Waals surface area contributed by atoms with Crippen LogP contribution in [0.5, 0.6) is 0 Å². The number of likely N-dealkylation sites (N-methyl/N-ethyl adjacent to an activating group) is 1. The smallest absolute Gasteiger partial charge is 0.317 e. The molecule has 0 aliphatic carbocycles. The second-order valence-electron chi connectivity index (χ2n) is 5.34. The van der Waals surface area contributed by atoms with Crippen LogP contribution in [-0.2, 0) is 4.79 Å². The van der Waals surface area contributed by atoms with Gasteiger partial charge in [0.15, 0.2) is 0 Å². The molecule has 0 saturated carbocycles. The van der Waals surface area contributed by atoms with Gasteiger partial charge < -0.3 is 20.2 Å². The van der Waals surface area contributed by atoms with Crippen molar-refractivity contribution in [3.63, 3.8) is 0 Å². The van der Waals surface area contributed by atoms with Gasteiger partial charge in [0.2, 0.25) is 5.91 Å². The fourth-order valence-corrected chi connectivity index (χ4v) is 2.31. The highest BCUT2D eigenvalue weighted by Gasteiger charge is 2.31. The van der Waals surface area contributed by atoms with E-state index in [1.807, 2.05) is 31.2 Å². The van der Waals surface area contributed by atoms with Gasteiger partial charge >= 0.3 is 6.03 Å². The molecule has 1 unspecified atom stereocenters. The highest BCUT2D eigenvalue weighted by molar-refractivity contribution is 5.96. The van der Waals surface area contributed by atoms with Crippen molar-refractivity contribution in [1.82, 2.24) is 10.2 Å². The number of carbonyl (C=O) groups excluding carboxylic acids is 2. The summed E-state index contributed by atoms with van der Waals surface area (Å²) in [6.45, 7) is 2.66. The summed E-state index contributed by atoms with van der Waals surface area (Å²) < 4.78 is 0. The molecule has 1 aromatic carbocycles. The predicted octanol–water partition coefficient (Wildman–Crippen LogP) is 0.734. The lowest BCUT2D eigenvalue weighted by molar-refractivity contribution is -0.117. The SMILES string of the molecule is Cc1ccc(N2CC(NC(=O)N(C)CCO)CC2=O)cc1. The highest BCUT2D eigenvalue weighted by atomic mass is 16.3. The molecule has 2 rings (SSSR count). The molecular weight excluding hydrogens is 270 g/mol. The minimum Gasteiger partial charge on any atom is -0.395 e. The lowest BCUT2D eigenvalue weighted by Crippen LogP contribution is -2.45. The molecule has 1 aliphatic rings. The summed E-state index contributed by atoms with van der Waals surface area (Å²) in [5.74, 6) is 0.00830. The quantitative estimate of drug-likeness (QED) is 0.859. The molecule has 3 amide bonds. The van der Waals surface area contributed by atoms with Gasteiger partial charge in [-0.05, 0) is 19.1 Å². The van der Waals surface area contributed by atoms with Gasteiger partial charge in [-0.15, -0.1) is 0 Å². The van der Waals surface area contributed by atoms with Gasteiger partial charge in [-0.1, -0.05) is 17.7 Å². The minimum absolute atomic E-state index is 0.00830. The van der Waals surface area contributed by atoms with Crippen molar-refractivity contribution in [3.8, 4) is 0 Å². The first-order valence-corrected chi connectivity index (χ1v) is 7.01. The van der Waals surface area contributed by atoms with Crippen LogP contribution in [0.1, 0.15) is 12.0 Å². The summed E-state index contributed by atoms with van der Waals surface area (Å²) in [4.78, 5) is 27.0. The van der Waals surface area contributed by atoms with E-state index in [1.165, 1.54) is 4.90 Å². The van der Waals surface area contributed by atoms with Gasteiger partial charge in [0.1, 0.15) is 0 Å². The van der Waals surface area contributed by atoms with Crippen LogP contribution >= 0.6 is 0 Å². The summed E-state index contributed by atoms with van der Waals surface area (Å²) in [6.07, 6.45) is 0.298. The van der Waals surface area contributed by atoms with Crippen LogP contribution in [0.25, 0.3) is 0 Å². The van der Waals surface area contributed by atoms with Crippen molar-refractivity contribution in [1.29, 1.82) is 0 Å². The first kappa shape index (κ1) is 15.3. The first-order valence-electron chi connectivity index (χ1n) is 7.01. The second kappa shape index (κ2) is 6.58. The van der Waals surface area contributed by atoms with Crippen LogP contribution < -0.4 is 10.2 Å². The number of benzene rings is 1. The molecule has 6 nitrogen and oxygen atoms in total. The van der Waals surface area contributed by atoms with E-state index in [1.54, 1.807) is 11.9 Å². The van der Waals surface area contributed by atoms with E-state index < -0.39 is 0 Å². The van der Waals surface area contributed by atoms with Gasteiger partial charge in [-0.3, -0.25) is 4.79 Å². The van der Waals surface area contributed by atoms with Crippen LogP contribution in [0.15, 0.2) is 24.3 Å². The van der Waals surface area contributed by atoms with E-state index in [4.69, 9.17) is 5.11 Å². The Morgan fingerprint density at radius 1 is 1.43 bits per heavy atom. The van der Waals surface area contributed by atoms with Gasteiger partial charge in [0.25, 0.3) is 0 Å². The topological polar surface area (TPSA) is 72.9 Å². The first-order chi connectivity index (χ1) is 10.0. The predicted molar refractivity (Wildman–Crippen MR) is 80.2 cm³/mol. The molecule has 1 aromatic rings. The van der Waals surface area contributed by atoms with Gasteiger partial charge in [-0.2, -0.15) is 0 Å². The summed E-state index contributed by atoms with van der Waals surface area (Å²) in [6, 6.07) is 7.28. The lowest BCUT2D eigenvalue weighted by Gasteiger charge is -2.20. The Morgan fingerprint density at radius 3 is 2.71 bits per heavy atom. The monoisotopic (exact) mass is 291 g/mol. The van der Waals surface area contributed by atoms with Crippen molar-refractivity contribution >= 4 is 17.6 Å². The summed E-state index contributed by atoms with van der Waals surface area (Å²) in [7, 11) is 1.61. The number of carbonyl (C=O) groups is 2. The molecule has 2 N–H and O–H groups in total. The standard InChI is InChI=1S/C15H21N3O3/c1-11-3-5-13(6-4-11)18-10-12(9-14(18)20)16-15(21)17(2)7-8-19/h3-6,12,19H,7-10H2,1-2H3,(H,16,21). The molecule has 1 saturated heterocycles. The fraction of sp³-hybridized carbons (Fsp3) is 0.467. The normalized spacial score (nSPS) is 18.0. The number of aliphatic hydroxyl groups excluding tert-OH is 1. The number of amides is 3. The van der Waals surface area contributed by atoms with E-state index in [9.17, 15) is 9.59 Å². The lowest BCUT2D eigenvalue weighted by atomic mass is 10.2. The fourth-order valence-electron chi connectivity index (χ4n) is 2.31. The Kier molecular flexibility index (Phi) is 4.80. The molecule has 0 bridgehead atoms. The zero-order valence-corrected chi connectivity index (χ0v) is 12.4. The van der Waals surface area contributed by atoms with E-state index in [0.717, 1.165) is 11.3 Å². The van der Waals surface area contributed by atoms with Crippen molar-refractivity contribution in [2.45, 2.75) is 19.4 Å². The van der Waals surface area contributed by atoms with E-state index >= 15 is 0 Å². The third kappa shape index (κ3) is 3.72. The number of hydrogen-bond donors (Lipinski definition) is 2. The zero-order valence-electron chi connectivity index (χ0n) is 12.4. The number of nitrogens with one attached hydrogen (secondary N) is 1. The maximum absolute atomic E-state index is 12.1. The van der Waals surface area contributed by atoms with Crippen LogP contribution in [0.2, 0.25) is 0 Å². The molecule has 0 spiro atoms. The third-order valence-electron chi connectivity index (χ3n) is 3.58. The van der Waals surface area contributed by atoms with Gasteiger partial charge in [0.05, 0.1) is 12.6 Å². The Bertz CT molecular complexity index is 515. The van der Waals surface area contributed by atoms with Crippen LogP contribution in [0.4, 0.5) is 10.5 Å². The Hall–Kier alpha value is -2.08. The average molecular weight is 291 g/mol. The van der Waals surface area contributed by atoms with E-state index in [2.05, 4.69) is 5.32 Å². The molecule has 1 heterocycles. The largest absolute Gasteiger partial charge is 0.395 e. The molecule has 1 aliphatic heterocycles. The van der Waals surface area contributed by atoms with Gasteiger partial charge in [0, 0.05) is 32.2 Å². The molecule has 114 valence electrons. The molecule has 0 aromatic heterocycles. The Balaban J connectivity index is 1.96. The highest BCUT2D eigenvalue weighted by Crippen LogP contribution is 2.22. The van der Waals surface area contributed by atoms with Crippen LogP contribution in [0.3, 0.4) is 0 Å². The molecule has 1 fully saturated rings. The molecule has 1 atom stereocenters. The average Bonchev–Trinajstić information content (AvgIpc) is 2.80. The van der Waals surface area contributed by atoms with Crippen molar-refractivity contribution in [2.75, 3.05) is 31.6 Å². The minimum atomic E-state index is -0.271. The Morgan fingerprint density at radius 2 is 2.10 bits per heavy atom. The van der Waals surface area contributed by atoms with E-state index in [-0.39, 0.29) is 31.1 Å². The molecule has 0 radical (unpaired) electrons. The maximum atomic E-state index is 12.1. The maximum Gasteiger partial charge on any atom is 0.317 e. The summed E-state index contributed by atoms with van der Waals surface area (Å²) >= 11 is 0. The number of urea groups is 1. The Labute approximate surface area is 124 Å². The number of anilines is 1. The second-order valence-corrected chi connectivity index (χ2v) is 5.34. The van der Waals surface area contributed by atoms with Gasteiger partial charge in [-0.25, -0.2) is 4.79 Å². The molecule has 6 heteroatoms. The summed E-state index contributed by atoms with van der Waals surface area (Å²) in [5.41, 5.74) is 1.99. The number of nitrogens with zero attached hydrogens (tertiary/aromatic N) is 2. The molecule has 21 heavy (non-hydrogen) atoms. The zero-order chi connectivity index (χ0) is 15.4. The number of aryl methyl sites for hydroxylation is 1. The molecular formula is C15H21N3O3. The van der Waals surface area contributed by atoms with Crippen LogP contribution in [0, 0.1) is 6.92 Å². The van der Waals surface area contributed by atoms with E-state index in [0.29, 0.717) is 13.0 Å². The summed E-state index contributed by atoms with van der Waals surface area (Å²) in [5, 5.41) is 11.6.